The largest absolute Gasteiger partial charge is 1.00 e. The Morgan fingerprint density at radius 1 is 1.13 bits per heavy atom. The molecule has 1 aromatic heterocycles. The molecule has 0 spiro atoms. The quantitative estimate of drug-likeness (QED) is 0.523. The maximum absolute atomic E-state index is 12.4. The smallest absolute Gasteiger partial charge is 0.550 e. The number of aromatic nitrogens is 1. The predicted octanol–water partition coefficient (Wildman–Crippen LogP) is -1.12. The van der Waals surface area contributed by atoms with Gasteiger partial charge in [-0.25, -0.2) is 0 Å². The molecule has 0 unspecified atom stereocenters. The molecule has 0 saturated heterocycles. The van der Waals surface area contributed by atoms with Crippen molar-refractivity contribution in [3.63, 3.8) is 0 Å². The second-order valence-corrected chi connectivity index (χ2v) is 7.21. The van der Waals surface area contributed by atoms with Crippen molar-refractivity contribution < 1.29 is 53.8 Å². The van der Waals surface area contributed by atoms with Gasteiger partial charge in [-0.3, -0.25) is 14.6 Å². The van der Waals surface area contributed by atoms with E-state index in [1.807, 2.05) is 0 Å². The molecule has 0 radical (unpaired) electrons. The Labute approximate surface area is 196 Å². The molecule has 9 heteroatoms. The number of anilines is 1. The van der Waals surface area contributed by atoms with Crippen LogP contribution >= 0.6 is 0 Å². The van der Waals surface area contributed by atoms with Crippen LogP contribution in [0.2, 0.25) is 0 Å². The van der Waals surface area contributed by atoms with Crippen LogP contribution in [0, 0.1) is 5.41 Å². The van der Waals surface area contributed by atoms with Crippen molar-refractivity contribution in [1.82, 2.24) is 10.3 Å². The Balaban J connectivity index is 0.00000320. The number of nitrogens with one attached hydrogen (secondary N) is 2. The summed E-state index contributed by atoms with van der Waals surface area (Å²) in [7, 11) is 1.52. The van der Waals surface area contributed by atoms with Crippen LogP contribution in [-0.4, -0.2) is 29.8 Å². The van der Waals surface area contributed by atoms with Gasteiger partial charge in [0.1, 0.15) is 17.2 Å². The molecule has 2 N–H and O–H groups in total. The van der Waals surface area contributed by atoms with E-state index in [0.717, 1.165) is 6.42 Å². The maximum atomic E-state index is 12.4. The van der Waals surface area contributed by atoms with Crippen molar-refractivity contribution in [1.29, 1.82) is 0 Å². The van der Waals surface area contributed by atoms with E-state index in [1.165, 1.54) is 19.3 Å². The predicted molar refractivity (Wildman–Crippen MR) is 103 cm³/mol. The van der Waals surface area contributed by atoms with Crippen LogP contribution in [0.4, 0.5) is 5.69 Å². The Hall–Kier alpha value is -2.42. The number of hydrogen-bond acceptors (Lipinski definition) is 6. The van der Waals surface area contributed by atoms with Gasteiger partial charge >= 0.3 is 29.6 Å². The fourth-order valence-electron chi connectivity index (χ4n) is 3.45. The standard InChI is InChI=1S/C21H23N3O5.Na/c1-22-20(28)17-11-16(6-9-23-17)29-15-5-2-4-14(10-15)24-18(25)12-21(7-3-8-21)13-19(26)27;/h2,4-6,9-11H,3,7-8,12-13H2,1H3,(H,22,28)(H,24,25)(H,26,27);/q;+1/p-1. The van der Waals surface area contributed by atoms with E-state index >= 15 is 0 Å². The van der Waals surface area contributed by atoms with E-state index < -0.39 is 11.4 Å². The summed E-state index contributed by atoms with van der Waals surface area (Å²) in [5.41, 5.74) is 0.272. The normalized spacial score (nSPS) is 13.9. The molecule has 0 atom stereocenters. The number of carboxylic acid groups (broad SMARTS) is 1. The van der Waals surface area contributed by atoms with Gasteiger partial charge in [-0.05, 0) is 42.9 Å². The molecule has 2 amide bonds. The fourth-order valence-corrected chi connectivity index (χ4v) is 3.45. The molecule has 8 nitrogen and oxygen atoms in total. The second-order valence-electron chi connectivity index (χ2n) is 7.21. The Bertz CT molecular complexity index is 930. The van der Waals surface area contributed by atoms with Gasteiger partial charge in [0.05, 0.1) is 0 Å². The van der Waals surface area contributed by atoms with Crippen molar-refractivity contribution in [2.75, 3.05) is 12.4 Å². The third-order valence-electron chi connectivity index (χ3n) is 5.01. The molecule has 0 bridgehead atoms. The van der Waals surface area contributed by atoms with Crippen LogP contribution in [0.3, 0.4) is 0 Å². The number of hydrogen-bond donors (Lipinski definition) is 2. The molecule has 0 aliphatic heterocycles. The number of carbonyl (C=O) groups excluding carboxylic acids is 3. The van der Waals surface area contributed by atoms with Crippen molar-refractivity contribution in [3.05, 3.63) is 48.3 Å². The Morgan fingerprint density at radius 2 is 1.87 bits per heavy atom. The van der Waals surface area contributed by atoms with E-state index in [0.29, 0.717) is 30.0 Å². The third-order valence-corrected chi connectivity index (χ3v) is 5.01. The first-order chi connectivity index (χ1) is 13.9. The van der Waals surface area contributed by atoms with Crippen LogP contribution in [0.25, 0.3) is 0 Å². The van der Waals surface area contributed by atoms with Crippen molar-refractivity contribution >= 4 is 23.5 Å². The van der Waals surface area contributed by atoms with Crippen LogP contribution < -0.4 is 50.0 Å². The first-order valence-corrected chi connectivity index (χ1v) is 9.35. The van der Waals surface area contributed by atoms with Crippen molar-refractivity contribution in [3.8, 4) is 11.5 Å². The van der Waals surface area contributed by atoms with Gasteiger partial charge in [0.2, 0.25) is 5.91 Å². The zero-order chi connectivity index (χ0) is 20.9. The first kappa shape index (κ1) is 23.9. The SMILES string of the molecule is CNC(=O)c1cc(Oc2cccc(NC(=O)CC3(CC(=O)[O-])CCC3)c2)ccn1.[Na+]. The van der Waals surface area contributed by atoms with Gasteiger partial charge in [-0.15, -0.1) is 0 Å². The first-order valence-electron chi connectivity index (χ1n) is 9.35. The van der Waals surface area contributed by atoms with E-state index in [1.54, 1.807) is 30.3 Å². The molecule has 1 aromatic carbocycles. The number of ether oxygens (including phenoxy) is 1. The minimum absolute atomic E-state index is 0. The number of amides is 2. The zero-order valence-electron chi connectivity index (χ0n) is 17.1. The summed E-state index contributed by atoms with van der Waals surface area (Å²) in [5.74, 6) is -0.775. The van der Waals surface area contributed by atoms with E-state index in [4.69, 9.17) is 4.74 Å². The van der Waals surface area contributed by atoms with Crippen molar-refractivity contribution in [2.24, 2.45) is 5.41 Å². The van der Waals surface area contributed by atoms with Gasteiger partial charge in [0.25, 0.3) is 5.91 Å². The average Bonchev–Trinajstić information content (AvgIpc) is 2.65. The van der Waals surface area contributed by atoms with Crippen LogP contribution in [0.5, 0.6) is 11.5 Å². The second kappa shape index (κ2) is 10.6. The minimum Gasteiger partial charge on any atom is -0.550 e. The van der Waals surface area contributed by atoms with Gasteiger partial charge in [-0.1, -0.05) is 12.5 Å². The molecule has 1 saturated carbocycles. The number of rotatable bonds is 8. The number of carbonyl (C=O) groups is 3. The summed E-state index contributed by atoms with van der Waals surface area (Å²) in [5, 5.41) is 16.3. The number of nitrogens with zero attached hydrogens (tertiary/aromatic N) is 1. The number of pyridine rings is 1. The molecular weight excluding hydrogens is 397 g/mol. The molecule has 152 valence electrons. The summed E-state index contributed by atoms with van der Waals surface area (Å²) in [4.78, 5) is 39.0. The summed E-state index contributed by atoms with van der Waals surface area (Å²) in [6.45, 7) is 0. The molecule has 3 rings (SSSR count). The van der Waals surface area contributed by atoms with Gasteiger partial charge in [-0.2, -0.15) is 0 Å². The molecular formula is C21H22N3NaO5. The Morgan fingerprint density at radius 3 is 2.50 bits per heavy atom. The van der Waals surface area contributed by atoms with Crippen LogP contribution in [0.15, 0.2) is 42.6 Å². The fraction of sp³-hybridized carbons (Fsp3) is 0.333. The van der Waals surface area contributed by atoms with Crippen LogP contribution in [-0.2, 0) is 9.59 Å². The summed E-state index contributed by atoms with van der Waals surface area (Å²) in [6.07, 6.45) is 3.88. The van der Waals surface area contributed by atoms with E-state index in [2.05, 4.69) is 15.6 Å². The minimum atomic E-state index is -1.12. The molecule has 2 aromatic rings. The summed E-state index contributed by atoms with van der Waals surface area (Å²) in [6, 6.07) is 9.97. The molecule has 1 aliphatic rings. The molecule has 1 fully saturated rings. The summed E-state index contributed by atoms with van der Waals surface area (Å²) >= 11 is 0. The van der Waals surface area contributed by atoms with Crippen LogP contribution in [0.1, 0.15) is 42.6 Å². The third kappa shape index (κ3) is 6.29. The number of benzene rings is 1. The number of aliphatic carboxylic acids is 1. The van der Waals surface area contributed by atoms with Gasteiger partial charge in [0, 0.05) is 43.5 Å². The molecule has 30 heavy (non-hydrogen) atoms. The maximum Gasteiger partial charge on any atom is 1.00 e. The monoisotopic (exact) mass is 419 g/mol. The zero-order valence-corrected chi connectivity index (χ0v) is 19.1. The summed E-state index contributed by atoms with van der Waals surface area (Å²) < 4.78 is 5.76. The van der Waals surface area contributed by atoms with E-state index in [9.17, 15) is 19.5 Å². The van der Waals surface area contributed by atoms with Crippen molar-refractivity contribution in [2.45, 2.75) is 32.1 Å². The Kier molecular flexibility index (Phi) is 8.40. The van der Waals surface area contributed by atoms with E-state index in [-0.39, 0.29) is 59.9 Å². The molecule has 1 heterocycles. The topological polar surface area (TPSA) is 120 Å². The van der Waals surface area contributed by atoms with Gasteiger partial charge < -0.3 is 25.3 Å². The molecule has 1 aliphatic carbocycles. The average molecular weight is 419 g/mol. The number of carboxylic acids is 1. The van der Waals surface area contributed by atoms with Gasteiger partial charge in [0.15, 0.2) is 0 Å².